The predicted octanol–water partition coefficient (Wildman–Crippen LogP) is 2.80. The summed E-state index contributed by atoms with van der Waals surface area (Å²) in [4.78, 5) is 0. The average Bonchev–Trinajstić information content (AvgIpc) is 2.84. The average molecular weight is 203 g/mol. The van der Waals surface area contributed by atoms with Gasteiger partial charge >= 0.3 is 0 Å². The SMILES string of the molecule is CNCC1CC1(C)c1ccc(C)c(C)c1. The highest BCUT2D eigenvalue weighted by molar-refractivity contribution is 5.38. The lowest BCUT2D eigenvalue weighted by Crippen LogP contribution is -2.15. The highest BCUT2D eigenvalue weighted by Gasteiger charge is 2.50. The quantitative estimate of drug-likeness (QED) is 0.796. The number of hydrogen-bond donors (Lipinski definition) is 1. The van der Waals surface area contributed by atoms with E-state index in [1.165, 1.54) is 23.1 Å². The van der Waals surface area contributed by atoms with Gasteiger partial charge in [0.2, 0.25) is 0 Å². The number of aryl methyl sites for hydroxylation is 2. The molecule has 1 N–H and O–H groups in total. The number of benzene rings is 1. The van der Waals surface area contributed by atoms with Crippen LogP contribution in [0.1, 0.15) is 30.0 Å². The Kier molecular flexibility index (Phi) is 2.59. The Hall–Kier alpha value is -0.820. The summed E-state index contributed by atoms with van der Waals surface area (Å²) in [5, 5.41) is 3.28. The van der Waals surface area contributed by atoms with Gasteiger partial charge in [0.25, 0.3) is 0 Å². The van der Waals surface area contributed by atoms with Gasteiger partial charge in [-0.25, -0.2) is 0 Å². The zero-order valence-electron chi connectivity index (χ0n) is 10.2. The summed E-state index contributed by atoms with van der Waals surface area (Å²) in [6.07, 6.45) is 1.33. The van der Waals surface area contributed by atoms with Crippen LogP contribution in [-0.2, 0) is 5.41 Å². The van der Waals surface area contributed by atoms with Crippen molar-refractivity contribution in [2.24, 2.45) is 5.92 Å². The van der Waals surface area contributed by atoms with Crippen LogP contribution in [0.4, 0.5) is 0 Å². The maximum atomic E-state index is 3.28. The van der Waals surface area contributed by atoms with Crippen molar-refractivity contribution in [3.8, 4) is 0 Å². The molecule has 1 aromatic rings. The van der Waals surface area contributed by atoms with E-state index in [0.29, 0.717) is 5.41 Å². The van der Waals surface area contributed by atoms with Gasteiger partial charge in [-0.3, -0.25) is 0 Å². The van der Waals surface area contributed by atoms with Crippen molar-refractivity contribution in [1.29, 1.82) is 0 Å². The highest BCUT2D eigenvalue weighted by atomic mass is 14.8. The molecule has 0 amide bonds. The van der Waals surface area contributed by atoms with Gasteiger partial charge in [-0.2, -0.15) is 0 Å². The molecular weight excluding hydrogens is 182 g/mol. The minimum absolute atomic E-state index is 0.432. The molecule has 1 aromatic carbocycles. The van der Waals surface area contributed by atoms with Gasteiger partial charge in [0, 0.05) is 0 Å². The Bertz CT molecular complexity index is 370. The number of nitrogens with one attached hydrogen (secondary N) is 1. The Morgan fingerprint density at radius 3 is 2.67 bits per heavy atom. The molecule has 0 aromatic heterocycles. The van der Waals surface area contributed by atoms with E-state index in [4.69, 9.17) is 0 Å². The van der Waals surface area contributed by atoms with Gasteiger partial charge in [-0.15, -0.1) is 0 Å². The van der Waals surface area contributed by atoms with Crippen LogP contribution >= 0.6 is 0 Å². The molecule has 1 fully saturated rings. The molecular formula is C14H21N. The molecule has 0 heterocycles. The first-order chi connectivity index (χ1) is 7.08. The molecule has 2 rings (SSSR count). The molecule has 2 unspecified atom stereocenters. The Labute approximate surface area is 92.9 Å². The normalized spacial score (nSPS) is 29.2. The molecule has 1 nitrogen and oxygen atoms in total. The molecule has 0 saturated heterocycles. The zero-order chi connectivity index (χ0) is 11.1. The highest BCUT2D eigenvalue weighted by Crippen LogP contribution is 2.53. The fraction of sp³-hybridized carbons (Fsp3) is 0.571. The molecule has 15 heavy (non-hydrogen) atoms. The fourth-order valence-electron chi connectivity index (χ4n) is 2.45. The molecule has 0 bridgehead atoms. The summed E-state index contributed by atoms with van der Waals surface area (Å²) < 4.78 is 0. The third-order valence-electron chi connectivity index (χ3n) is 4.03. The molecule has 1 aliphatic rings. The molecule has 0 radical (unpaired) electrons. The van der Waals surface area contributed by atoms with Crippen LogP contribution in [0.25, 0.3) is 0 Å². The Morgan fingerprint density at radius 2 is 2.07 bits per heavy atom. The summed E-state index contributed by atoms with van der Waals surface area (Å²) in [6, 6.07) is 6.92. The standard InChI is InChI=1S/C14H21N/c1-10-5-6-12(7-11(10)2)14(3)8-13(14)9-15-4/h5-7,13,15H,8-9H2,1-4H3. The first-order valence-electron chi connectivity index (χ1n) is 5.80. The van der Waals surface area contributed by atoms with Gasteiger partial charge in [-0.05, 0) is 61.9 Å². The molecule has 2 atom stereocenters. The maximum absolute atomic E-state index is 3.28. The molecule has 1 heteroatoms. The third kappa shape index (κ3) is 1.81. The predicted molar refractivity (Wildman–Crippen MR) is 65.3 cm³/mol. The van der Waals surface area contributed by atoms with Gasteiger partial charge in [-0.1, -0.05) is 25.1 Å². The van der Waals surface area contributed by atoms with E-state index in [1.807, 2.05) is 7.05 Å². The largest absolute Gasteiger partial charge is 0.319 e. The van der Waals surface area contributed by atoms with E-state index in [1.54, 1.807) is 0 Å². The van der Waals surface area contributed by atoms with Crippen molar-refractivity contribution in [3.05, 3.63) is 34.9 Å². The van der Waals surface area contributed by atoms with Gasteiger partial charge in [0.05, 0.1) is 0 Å². The summed E-state index contributed by atoms with van der Waals surface area (Å²) in [7, 11) is 2.04. The first kappa shape index (κ1) is 10.7. The lowest BCUT2D eigenvalue weighted by Gasteiger charge is -2.13. The van der Waals surface area contributed by atoms with Crippen LogP contribution in [0, 0.1) is 19.8 Å². The van der Waals surface area contributed by atoms with E-state index < -0.39 is 0 Å². The van der Waals surface area contributed by atoms with Crippen molar-refractivity contribution in [2.45, 2.75) is 32.6 Å². The second-order valence-electron chi connectivity index (χ2n) is 5.18. The van der Waals surface area contributed by atoms with Crippen LogP contribution in [0.5, 0.6) is 0 Å². The van der Waals surface area contributed by atoms with Crippen molar-refractivity contribution in [2.75, 3.05) is 13.6 Å². The summed E-state index contributed by atoms with van der Waals surface area (Å²) in [5.41, 5.74) is 4.77. The van der Waals surface area contributed by atoms with Crippen LogP contribution < -0.4 is 5.32 Å². The second-order valence-corrected chi connectivity index (χ2v) is 5.18. The molecule has 1 saturated carbocycles. The van der Waals surface area contributed by atoms with E-state index in [9.17, 15) is 0 Å². The summed E-state index contributed by atoms with van der Waals surface area (Å²) in [6.45, 7) is 7.92. The summed E-state index contributed by atoms with van der Waals surface area (Å²) >= 11 is 0. The molecule has 1 aliphatic carbocycles. The topological polar surface area (TPSA) is 12.0 Å². The zero-order valence-corrected chi connectivity index (χ0v) is 10.2. The summed E-state index contributed by atoms with van der Waals surface area (Å²) in [5.74, 6) is 0.824. The van der Waals surface area contributed by atoms with E-state index >= 15 is 0 Å². The van der Waals surface area contributed by atoms with Crippen LogP contribution in [-0.4, -0.2) is 13.6 Å². The smallest absolute Gasteiger partial charge is 0.00148 e. The van der Waals surface area contributed by atoms with Crippen LogP contribution in [0.3, 0.4) is 0 Å². The van der Waals surface area contributed by atoms with Crippen LogP contribution in [0.2, 0.25) is 0 Å². The number of rotatable bonds is 3. The first-order valence-corrected chi connectivity index (χ1v) is 5.80. The number of hydrogen-bond acceptors (Lipinski definition) is 1. The van der Waals surface area contributed by atoms with Gasteiger partial charge in [0.15, 0.2) is 0 Å². The third-order valence-corrected chi connectivity index (χ3v) is 4.03. The lowest BCUT2D eigenvalue weighted by molar-refractivity contribution is 0.617. The monoisotopic (exact) mass is 203 g/mol. The van der Waals surface area contributed by atoms with E-state index in [2.05, 4.69) is 44.3 Å². The maximum Gasteiger partial charge on any atom is -0.00148 e. The van der Waals surface area contributed by atoms with E-state index in [0.717, 1.165) is 12.5 Å². The van der Waals surface area contributed by atoms with Gasteiger partial charge in [0.1, 0.15) is 0 Å². The van der Waals surface area contributed by atoms with Crippen molar-refractivity contribution in [3.63, 3.8) is 0 Å². The van der Waals surface area contributed by atoms with Crippen molar-refractivity contribution in [1.82, 2.24) is 5.32 Å². The van der Waals surface area contributed by atoms with Crippen molar-refractivity contribution < 1.29 is 0 Å². The minimum Gasteiger partial charge on any atom is -0.319 e. The molecule has 0 aliphatic heterocycles. The Balaban J connectivity index is 2.21. The fourth-order valence-corrected chi connectivity index (χ4v) is 2.45. The van der Waals surface area contributed by atoms with Crippen molar-refractivity contribution >= 4 is 0 Å². The minimum atomic E-state index is 0.432. The second kappa shape index (κ2) is 3.64. The Morgan fingerprint density at radius 1 is 1.33 bits per heavy atom. The van der Waals surface area contributed by atoms with E-state index in [-0.39, 0.29) is 0 Å². The molecule has 82 valence electrons. The lowest BCUT2D eigenvalue weighted by atomic mass is 9.92. The molecule has 0 spiro atoms. The van der Waals surface area contributed by atoms with Gasteiger partial charge < -0.3 is 5.32 Å². The van der Waals surface area contributed by atoms with Crippen LogP contribution in [0.15, 0.2) is 18.2 Å².